The molecule has 0 radical (unpaired) electrons. The first-order valence-corrected chi connectivity index (χ1v) is 11.8. The van der Waals surface area contributed by atoms with Crippen LogP contribution in [0.2, 0.25) is 0 Å². The van der Waals surface area contributed by atoms with Crippen molar-refractivity contribution in [3.8, 4) is 11.1 Å². The molecule has 2 unspecified atom stereocenters. The van der Waals surface area contributed by atoms with Crippen molar-refractivity contribution in [3.05, 3.63) is 59.7 Å². The predicted molar refractivity (Wildman–Crippen MR) is 132 cm³/mol. The van der Waals surface area contributed by atoms with Gasteiger partial charge in [-0.2, -0.15) is 0 Å². The molecule has 4 N–H and O–H groups in total. The van der Waals surface area contributed by atoms with Gasteiger partial charge in [0.1, 0.15) is 6.61 Å². The van der Waals surface area contributed by atoms with Crippen LogP contribution in [0.15, 0.2) is 48.5 Å². The molecule has 0 heterocycles. The Bertz CT molecular complexity index is 1020. The van der Waals surface area contributed by atoms with E-state index in [-0.39, 0.29) is 37.5 Å². The highest BCUT2D eigenvalue weighted by atomic mass is 16.5. The standard InChI is InChI=1S/C27H34N2O6/c1-27(2,3)13-17(25(32)33)14-28-24(31)12-18(30)15-29-26(34)35-16-23-21-10-6-4-8-19(21)20-9-5-7-11-22(20)23/h4-11,17-18,23,30H,12-16H2,1-3H3,(H,28,31)(H,29,34)(H,32,33). The molecule has 188 valence electrons. The highest BCUT2D eigenvalue weighted by Gasteiger charge is 2.29. The number of aliphatic carboxylic acids is 1. The number of carboxylic acids is 1. The van der Waals surface area contributed by atoms with Gasteiger partial charge in [0.05, 0.1) is 18.4 Å². The zero-order valence-corrected chi connectivity index (χ0v) is 20.4. The maximum atomic E-state index is 12.2. The van der Waals surface area contributed by atoms with Crippen LogP contribution in [0.4, 0.5) is 4.79 Å². The number of nitrogens with one attached hydrogen (secondary N) is 2. The number of aliphatic hydroxyl groups excluding tert-OH is 1. The smallest absolute Gasteiger partial charge is 0.407 e. The molecule has 35 heavy (non-hydrogen) atoms. The summed E-state index contributed by atoms with van der Waals surface area (Å²) in [5.41, 5.74) is 4.27. The number of carboxylic acid groups (broad SMARTS) is 1. The van der Waals surface area contributed by atoms with Gasteiger partial charge in [0, 0.05) is 19.0 Å². The van der Waals surface area contributed by atoms with Crippen molar-refractivity contribution in [1.29, 1.82) is 0 Å². The highest BCUT2D eigenvalue weighted by molar-refractivity contribution is 5.79. The molecule has 8 heteroatoms. The van der Waals surface area contributed by atoms with Gasteiger partial charge in [-0.3, -0.25) is 9.59 Å². The maximum absolute atomic E-state index is 12.2. The van der Waals surface area contributed by atoms with Crippen LogP contribution in [0, 0.1) is 11.3 Å². The van der Waals surface area contributed by atoms with E-state index in [0.29, 0.717) is 6.42 Å². The lowest BCUT2D eigenvalue weighted by Gasteiger charge is -2.23. The fourth-order valence-electron chi connectivity index (χ4n) is 4.43. The van der Waals surface area contributed by atoms with Crippen LogP contribution >= 0.6 is 0 Å². The molecule has 2 aromatic carbocycles. The minimum Gasteiger partial charge on any atom is -0.481 e. The molecule has 0 fully saturated rings. The summed E-state index contributed by atoms with van der Waals surface area (Å²) in [6, 6.07) is 16.0. The summed E-state index contributed by atoms with van der Waals surface area (Å²) in [5, 5.41) is 24.5. The molecule has 8 nitrogen and oxygen atoms in total. The van der Waals surface area contributed by atoms with E-state index in [1.165, 1.54) is 0 Å². The molecule has 3 rings (SSSR count). The van der Waals surface area contributed by atoms with E-state index < -0.39 is 30.0 Å². The van der Waals surface area contributed by atoms with Gasteiger partial charge in [-0.15, -0.1) is 0 Å². The number of rotatable bonds is 10. The average Bonchev–Trinajstić information content (AvgIpc) is 3.12. The van der Waals surface area contributed by atoms with Crippen LogP contribution in [0.25, 0.3) is 11.1 Å². The quantitative estimate of drug-likeness (QED) is 0.411. The Morgan fingerprint density at radius 2 is 1.51 bits per heavy atom. The summed E-state index contributed by atoms with van der Waals surface area (Å²) in [4.78, 5) is 35.8. The molecule has 2 amide bonds. The van der Waals surface area contributed by atoms with E-state index in [4.69, 9.17) is 4.74 Å². The van der Waals surface area contributed by atoms with Crippen molar-refractivity contribution in [1.82, 2.24) is 10.6 Å². The first kappa shape index (κ1) is 26.2. The van der Waals surface area contributed by atoms with Gasteiger partial charge in [-0.05, 0) is 34.1 Å². The fraction of sp³-hybridized carbons (Fsp3) is 0.444. The number of aliphatic hydroxyl groups is 1. The first-order valence-electron chi connectivity index (χ1n) is 11.8. The molecule has 1 aliphatic rings. The van der Waals surface area contributed by atoms with Crippen LogP contribution < -0.4 is 10.6 Å². The van der Waals surface area contributed by atoms with E-state index in [2.05, 4.69) is 22.8 Å². The molecular weight excluding hydrogens is 448 g/mol. The second kappa shape index (κ2) is 11.4. The number of benzene rings is 2. The van der Waals surface area contributed by atoms with E-state index >= 15 is 0 Å². The Morgan fingerprint density at radius 1 is 0.943 bits per heavy atom. The average molecular weight is 483 g/mol. The van der Waals surface area contributed by atoms with Crippen molar-refractivity contribution in [2.75, 3.05) is 19.7 Å². The number of hydrogen-bond donors (Lipinski definition) is 4. The van der Waals surface area contributed by atoms with Crippen molar-refractivity contribution in [3.63, 3.8) is 0 Å². The number of carbonyl (C=O) groups is 3. The van der Waals surface area contributed by atoms with Crippen LogP contribution in [0.3, 0.4) is 0 Å². The molecule has 2 aromatic rings. The molecule has 0 aliphatic heterocycles. The number of amides is 2. The summed E-state index contributed by atoms with van der Waals surface area (Å²) in [6.07, 6.45) is -1.65. The van der Waals surface area contributed by atoms with E-state index in [1.807, 2.05) is 57.2 Å². The van der Waals surface area contributed by atoms with Gasteiger partial charge in [0.25, 0.3) is 0 Å². The second-order valence-electron chi connectivity index (χ2n) is 10.2. The number of alkyl carbamates (subject to hydrolysis) is 1. The van der Waals surface area contributed by atoms with E-state index in [1.54, 1.807) is 0 Å². The van der Waals surface area contributed by atoms with Gasteiger partial charge in [-0.25, -0.2) is 4.79 Å². The summed E-state index contributed by atoms with van der Waals surface area (Å²) in [7, 11) is 0. The molecule has 0 aromatic heterocycles. The minimum atomic E-state index is -1.12. The lowest BCUT2D eigenvalue weighted by Crippen LogP contribution is -2.39. The monoisotopic (exact) mass is 482 g/mol. The summed E-state index contributed by atoms with van der Waals surface area (Å²) in [6.45, 7) is 5.78. The third-order valence-electron chi connectivity index (χ3n) is 6.00. The number of fused-ring (bicyclic) bond motifs is 3. The number of ether oxygens (including phenoxy) is 1. The molecule has 0 spiro atoms. The van der Waals surface area contributed by atoms with Crippen molar-refractivity contribution >= 4 is 18.0 Å². The second-order valence-corrected chi connectivity index (χ2v) is 10.2. The Labute approximate surface area is 205 Å². The molecule has 2 atom stereocenters. The summed E-state index contributed by atoms with van der Waals surface area (Å²) in [5.74, 6) is -2.24. The summed E-state index contributed by atoms with van der Waals surface area (Å²) < 4.78 is 5.42. The van der Waals surface area contributed by atoms with Crippen LogP contribution in [-0.2, 0) is 14.3 Å². The molecule has 0 saturated carbocycles. The molecule has 1 aliphatic carbocycles. The maximum Gasteiger partial charge on any atom is 0.407 e. The Morgan fingerprint density at radius 3 is 2.06 bits per heavy atom. The van der Waals surface area contributed by atoms with E-state index in [9.17, 15) is 24.6 Å². The third-order valence-corrected chi connectivity index (χ3v) is 6.00. The largest absolute Gasteiger partial charge is 0.481 e. The van der Waals surface area contributed by atoms with Crippen LogP contribution in [-0.4, -0.2) is 54.0 Å². The van der Waals surface area contributed by atoms with Crippen molar-refractivity contribution in [2.45, 2.75) is 45.6 Å². The molecular formula is C27H34N2O6. The zero-order chi connectivity index (χ0) is 25.6. The van der Waals surface area contributed by atoms with Crippen LogP contribution in [0.5, 0.6) is 0 Å². The minimum absolute atomic E-state index is 0.0159. The topological polar surface area (TPSA) is 125 Å². The summed E-state index contributed by atoms with van der Waals surface area (Å²) >= 11 is 0. The number of carbonyl (C=O) groups excluding carboxylic acids is 2. The van der Waals surface area contributed by atoms with Gasteiger partial charge < -0.3 is 25.6 Å². The van der Waals surface area contributed by atoms with Crippen molar-refractivity contribution in [2.24, 2.45) is 11.3 Å². The van der Waals surface area contributed by atoms with Gasteiger partial charge >= 0.3 is 12.1 Å². The molecule has 0 bridgehead atoms. The lowest BCUT2D eigenvalue weighted by atomic mass is 9.84. The zero-order valence-electron chi connectivity index (χ0n) is 20.4. The van der Waals surface area contributed by atoms with Crippen molar-refractivity contribution < 1.29 is 29.3 Å². The third kappa shape index (κ3) is 7.29. The van der Waals surface area contributed by atoms with E-state index in [0.717, 1.165) is 22.3 Å². The normalized spacial score (nSPS) is 14.4. The van der Waals surface area contributed by atoms with Gasteiger partial charge in [0.15, 0.2) is 0 Å². The number of hydrogen-bond acceptors (Lipinski definition) is 5. The van der Waals surface area contributed by atoms with Crippen LogP contribution in [0.1, 0.15) is 50.7 Å². The Hall–Kier alpha value is -3.39. The SMILES string of the molecule is CC(C)(C)CC(CNC(=O)CC(O)CNC(=O)OCC1c2ccccc2-c2ccccc21)C(=O)O. The predicted octanol–water partition coefficient (Wildman–Crippen LogP) is 3.53. The fourth-order valence-corrected chi connectivity index (χ4v) is 4.43. The Balaban J connectivity index is 1.42. The van der Waals surface area contributed by atoms with Gasteiger partial charge in [-0.1, -0.05) is 69.3 Å². The molecule has 0 saturated heterocycles. The van der Waals surface area contributed by atoms with Gasteiger partial charge in [0.2, 0.25) is 5.91 Å². The Kier molecular flexibility index (Phi) is 8.51. The first-order chi connectivity index (χ1) is 16.5. The highest BCUT2D eigenvalue weighted by Crippen LogP contribution is 2.44. The lowest BCUT2D eigenvalue weighted by molar-refractivity contribution is -0.142.